The fourth-order valence-electron chi connectivity index (χ4n) is 1.73. The molecule has 0 amide bonds. The molecule has 1 heterocycles. The Morgan fingerprint density at radius 1 is 1.62 bits per heavy atom. The summed E-state index contributed by atoms with van der Waals surface area (Å²) >= 11 is 0. The van der Waals surface area contributed by atoms with E-state index in [0.29, 0.717) is 12.6 Å². The smallest absolute Gasteiger partial charge is 0.309 e. The highest BCUT2D eigenvalue weighted by atomic mass is 16.4. The Morgan fingerprint density at radius 2 is 2.23 bits per heavy atom. The van der Waals surface area contributed by atoms with Crippen molar-refractivity contribution in [2.45, 2.75) is 32.4 Å². The third-order valence-corrected chi connectivity index (χ3v) is 2.75. The van der Waals surface area contributed by atoms with Crippen LogP contribution in [0.1, 0.15) is 20.3 Å². The van der Waals surface area contributed by atoms with Gasteiger partial charge in [-0.05, 0) is 26.8 Å². The third kappa shape index (κ3) is 2.42. The molecule has 2 atom stereocenters. The average molecular weight is 186 g/mol. The quantitative estimate of drug-likeness (QED) is 0.643. The van der Waals surface area contributed by atoms with Crippen LogP contribution in [0.3, 0.4) is 0 Å². The Hall–Kier alpha value is -0.610. The van der Waals surface area contributed by atoms with E-state index in [-0.39, 0.29) is 6.04 Å². The van der Waals surface area contributed by atoms with Gasteiger partial charge >= 0.3 is 5.97 Å². The summed E-state index contributed by atoms with van der Waals surface area (Å²) in [6.07, 6.45) is 0.787. The van der Waals surface area contributed by atoms with E-state index in [1.54, 1.807) is 0 Å². The van der Waals surface area contributed by atoms with Crippen LogP contribution >= 0.6 is 0 Å². The first-order valence-electron chi connectivity index (χ1n) is 4.74. The molecule has 3 N–H and O–H groups in total. The van der Waals surface area contributed by atoms with Crippen molar-refractivity contribution >= 4 is 5.97 Å². The van der Waals surface area contributed by atoms with E-state index >= 15 is 0 Å². The van der Waals surface area contributed by atoms with Gasteiger partial charge in [0, 0.05) is 18.6 Å². The summed E-state index contributed by atoms with van der Waals surface area (Å²) in [5, 5.41) is 8.90. The summed E-state index contributed by atoms with van der Waals surface area (Å²) in [6, 6.07) is 0.238. The predicted molar refractivity (Wildman–Crippen MR) is 50.4 cm³/mol. The minimum absolute atomic E-state index is 0.174. The molecule has 0 radical (unpaired) electrons. The highest BCUT2D eigenvalue weighted by molar-refractivity contribution is 5.71. The highest BCUT2D eigenvalue weighted by Crippen LogP contribution is 2.17. The molecule has 1 aliphatic rings. The Balaban J connectivity index is 2.58. The molecule has 0 aliphatic carbocycles. The Kier molecular flexibility index (Phi) is 3.27. The van der Waals surface area contributed by atoms with E-state index in [1.165, 1.54) is 0 Å². The standard InChI is InChI=1S/C9H18N2O2/c1-6(2)11-4-3-8(10)7(5-11)9(12)13/h6-8H,3-5,10H2,1-2H3,(H,12,13)/t7-,8?/m1/s1. The summed E-state index contributed by atoms with van der Waals surface area (Å²) in [7, 11) is 0. The molecule has 0 aromatic carbocycles. The van der Waals surface area contributed by atoms with E-state index in [2.05, 4.69) is 18.7 Å². The van der Waals surface area contributed by atoms with E-state index in [9.17, 15) is 4.79 Å². The molecular formula is C9H18N2O2. The van der Waals surface area contributed by atoms with Crippen molar-refractivity contribution in [1.82, 2.24) is 4.90 Å². The number of likely N-dealkylation sites (tertiary alicyclic amines) is 1. The van der Waals surface area contributed by atoms with Crippen LogP contribution in [0.25, 0.3) is 0 Å². The number of piperidine rings is 1. The second-order valence-corrected chi connectivity index (χ2v) is 3.99. The minimum Gasteiger partial charge on any atom is -0.481 e. The molecule has 0 aromatic heterocycles. The first-order chi connectivity index (χ1) is 6.02. The van der Waals surface area contributed by atoms with Gasteiger partial charge in [-0.3, -0.25) is 9.69 Å². The largest absolute Gasteiger partial charge is 0.481 e. The van der Waals surface area contributed by atoms with Crippen LogP contribution < -0.4 is 5.73 Å². The molecule has 1 aliphatic heterocycles. The van der Waals surface area contributed by atoms with Gasteiger partial charge in [0.1, 0.15) is 0 Å². The molecule has 1 fully saturated rings. The number of hydrogen-bond acceptors (Lipinski definition) is 3. The maximum Gasteiger partial charge on any atom is 0.309 e. The van der Waals surface area contributed by atoms with Crippen LogP contribution in [0.5, 0.6) is 0 Å². The molecule has 4 heteroatoms. The lowest BCUT2D eigenvalue weighted by Crippen LogP contribution is -2.52. The number of carbonyl (C=O) groups is 1. The number of nitrogens with zero attached hydrogens (tertiary/aromatic N) is 1. The van der Waals surface area contributed by atoms with Crippen molar-refractivity contribution in [1.29, 1.82) is 0 Å². The number of nitrogens with two attached hydrogens (primary N) is 1. The second-order valence-electron chi connectivity index (χ2n) is 3.99. The fourth-order valence-corrected chi connectivity index (χ4v) is 1.73. The Morgan fingerprint density at radius 3 is 2.69 bits per heavy atom. The van der Waals surface area contributed by atoms with Gasteiger partial charge in [0.15, 0.2) is 0 Å². The lowest BCUT2D eigenvalue weighted by atomic mass is 9.92. The van der Waals surface area contributed by atoms with Gasteiger partial charge in [0.05, 0.1) is 5.92 Å². The van der Waals surface area contributed by atoms with Crippen molar-refractivity contribution in [3.8, 4) is 0 Å². The van der Waals surface area contributed by atoms with Gasteiger partial charge < -0.3 is 10.8 Å². The number of rotatable bonds is 2. The summed E-state index contributed by atoms with van der Waals surface area (Å²) in [4.78, 5) is 13.0. The molecule has 76 valence electrons. The molecule has 1 rings (SSSR count). The van der Waals surface area contributed by atoms with Crippen molar-refractivity contribution in [3.63, 3.8) is 0 Å². The number of carboxylic acid groups (broad SMARTS) is 1. The molecule has 4 nitrogen and oxygen atoms in total. The zero-order valence-electron chi connectivity index (χ0n) is 8.23. The van der Waals surface area contributed by atoms with Crippen LogP contribution in [0, 0.1) is 5.92 Å². The summed E-state index contributed by atoms with van der Waals surface area (Å²) in [5.41, 5.74) is 5.73. The Labute approximate surface area is 78.7 Å². The van der Waals surface area contributed by atoms with Crippen molar-refractivity contribution in [2.75, 3.05) is 13.1 Å². The lowest BCUT2D eigenvalue weighted by Gasteiger charge is -2.37. The van der Waals surface area contributed by atoms with E-state index < -0.39 is 11.9 Å². The second kappa shape index (κ2) is 4.07. The normalized spacial score (nSPS) is 30.8. The van der Waals surface area contributed by atoms with Gasteiger partial charge in [-0.15, -0.1) is 0 Å². The van der Waals surface area contributed by atoms with Crippen LogP contribution in [0.15, 0.2) is 0 Å². The lowest BCUT2D eigenvalue weighted by molar-refractivity contribution is -0.144. The van der Waals surface area contributed by atoms with Gasteiger partial charge in [0.25, 0.3) is 0 Å². The topological polar surface area (TPSA) is 66.6 Å². The third-order valence-electron chi connectivity index (χ3n) is 2.75. The molecule has 0 aromatic rings. The molecule has 0 bridgehead atoms. The van der Waals surface area contributed by atoms with Crippen LogP contribution in [0.4, 0.5) is 0 Å². The monoisotopic (exact) mass is 186 g/mol. The number of aliphatic carboxylic acids is 1. The van der Waals surface area contributed by atoms with E-state index in [4.69, 9.17) is 10.8 Å². The summed E-state index contributed by atoms with van der Waals surface area (Å²) in [5.74, 6) is -1.16. The maximum absolute atomic E-state index is 10.8. The first-order valence-corrected chi connectivity index (χ1v) is 4.74. The van der Waals surface area contributed by atoms with Gasteiger partial charge in [-0.2, -0.15) is 0 Å². The van der Waals surface area contributed by atoms with Crippen LogP contribution in [-0.2, 0) is 4.79 Å². The van der Waals surface area contributed by atoms with Gasteiger partial charge in [-0.1, -0.05) is 0 Å². The van der Waals surface area contributed by atoms with Gasteiger partial charge in [0.2, 0.25) is 0 Å². The fraction of sp³-hybridized carbons (Fsp3) is 0.889. The molecule has 13 heavy (non-hydrogen) atoms. The first kappa shape index (κ1) is 10.5. The summed E-state index contributed by atoms with van der Waals surface area (Å²) < 4.78 is 0. The zero-order chi connectivity index (χ0) is 10.0. The van der Waals surface area contributed by atoms with E-state index in [0.717, 1.165) is 13.0 Å². The average Bonchev–Trinajstić information content (AvgIpc) is 2.04. The van der Waals surface area contributed by atoms with Crippen LogP contribution in [0.2, 0.25) is 0 Å². The Bertz CT molecular complexity index is 194. The zero-order valence-corrected chi connectivity index (χ0v) is 8.23. The van der Waals surface area contributed by atoms with Gasteiger partial charge in [-0.25, -0.2) is 0 Å². The molecular weight excluding hydrogens is 168 g/mol. The predicted octanol–water partition coefficient (Wildman–Crippen LogP) is 0.129. The number of hydrogen-bond donors (Lipinski definition) is 2. The van der Waals surface area contributed by atoms with E-state index in [1.807, 2.05) is 0 Å². The SMILES string of the molecule is CC(C)N1CCC(N)[C@H](C(=O)O)C1. The minimum atomic E-state index is -0.766. The van der Waals surface area contributed by atoms with Crippen LogP contribution in [-0.4, -0.2) is 41.1 Å². The molecule has 0 spiro atoms. The van der Waals surface area contributed by atoms with Crippen molar-refractivity contribution in [2.24, 2.45) is 11.7 Å². The number of carboxylic acids is 1. The highest BCUT2D eigenvalue weighted by Gasteiger charge is 2.32. The summed E-state index contributed by atoms with van der Waals surface area (Å²) in [6.45, 7) is 5.67. The molecule has 1 saturated heterocycles. The van der Waals surface area contributed by atoms with Crippen molar-refractivity contribution < 1.29 is 9.90 Å². The molecule has 0 saturated carbocycles. The molecule has 1 unspecified atom stereocenters. The maximum atomic E-state index is 10.8. The van der Waals surface area contributed by atoms with Crippen molar-refractivity contribution in [3.05, 3.63) is 0 Å².